The summed E-state index contributed by atoms with van der Waals surface area (Å²) in [6.07, 6.45) is 0. The molecule has 4 nitrogen and oxygen atoms in total. The first-order valence-corrected chi connectivity index (χ1v) is 7.38. The van der Waals surface area contributed by atoms with Crippen LogP contribution in [0.25, 0.3) is 0 Å². The van der Waals surface area contributed by atoms with Crippen molar-refractivity contribution in [1.82, 2.24) is 4.98 Å². The van der Waals surface area contributed by atoms with Crippen LogP contribution in [0.2, 0.25) is 0 Å². The standard InChI is InChI=1S/C15H20N4S/c1-8-4-9(2)11(10(3)5-8)7-20-12-6-13(16)19-15(18)14(12)17/h4-6H,7,17H2,1-3H3,(H4,16,18,19). The number of nitrogens with two attached hydrogens (primary N) is 3. The van der Waals surface area contributed by atoms with E-state index in [9.17, 15) is 0 Å². The first-order valence-electron chi connectivity index (χ1n) is 6.39. The molecule has 0 atom stereocenters. The Hall–Kier alpha value is -1.88. The van der Waals surface area contributed by atoms with Gasteiger partial charge in [0.1, 0.15) is 11.6 Å². The highest BCUT2D eigenvalue weighted by Gasteiger charge is 2.09. The van der Waals surface area contributed by atoms with E-state index in [-0.39, 0.29) is 0 Å². The molecular weight excluding hydrogens is 268 g/mol. The average Bonchev–Trinajstić information content (AvgIpc) is 2.33. The topological polar surface area (TPSA) is 90.9 Å². The largest absolute Gasteiger partial charge is 0.395 e. The zero-order chi connectivity index (χ0) is 14.9. The summed E-state index contributed by atoms with van der Waals surface area (Å²) in [4.78, 5) is 4.84. The summed E-state index contributed by atoms with van der Waals surface area (Å²) in [5.74, 6) is 1.53. The number of rotatable bonds is 3. The van der Waals surface area contributed by atoms with Crippen LogP contribution in [-0.4, -0.2) is 4.98 Å². The van der Waals surface area contributed by atoms with Gasteiger partial charge >= 0.3 is 0 Å². The van der Waals surface area contributed by atoms with Crippen LogP contribution in [0, 0.1) is 20.8 Å². The molecule has 6 N–H and O–H groups in total. The van der Waals surface area contributed by atoms with Crippen molar-refractivity contribution in [2.75, 3.05) is 17.2 Å². The molecule has 2 aromatic rings. The number of hydrogen-bond donors (Lipinski definition) is 3. The fourth-order valence-electron chi connectivity index (χ4n) is 2.28. The third kappa shape index (κ3) is 2.99. The maximum Gasteiger partial charge on any atom is 0.150 e. The predicted octanol–water partition coefficient (Wildman–Crippen LogP) is 3.05. The summed E-state index contributed by atoms with van der Waals surface area (Å²) in [5.41, 5.74) is 23.1. The number of benzene rings is 1. The second-order valence-corrected chi connectivity index (χ2v) is 6.03. The highest BCUT2D eigenvalue weighted by atomic mass is 32.2. The number of nitrogens with zero attached hydrogens (tertiary/aromatic N) is 1. The Morgan fingerprint density at radius 2 is 1.60 bits per heavy atom. The van der Waals surface area contributed by atoms with Gasteiger partial charge in [0, 0.05) is 10.6 Å². The number of hydrogen-bond acceptors (Lipinski definition) is 5. The smallest absolute Gasteiger partial charge is 0.150 e. The van der Waals surface area contributed by atoms with Gasteiger partial charge in [0.2, 0.25) is 0 Å². The minimum atomic E-state index is 0.296. The lowest BCUT2D eigenvalue weighted by Gasteiger charge is -2.13. The molecule has 106 valence electrons. The van der Waals surface area contributed by atoms with Crippen molar-refractivity contribution in [3.63, 3.8) is 0 Å². The molecule has 0 fully saturated rings. The van der Waals surface area contributed by atoms with Crippen LogP contribution in [0.5, 0.6) is 0 Å². The van der Waals surface area contributed by atoms with Crippen molar-refractivity contribution in [2.45, 2.75) is 31.4 Å². The molecule has 1 aromatic heterocycles. The van der Waals surface area contributed by atoms with Crippen molar-refractivity contribution in [1.29, 1.82) is 0 Å². The Kier molecular flexibility index (Phi) is 4.09. The lowest BCUT2D eigenvalue weighted by molar-refractivity contribution is 1.21. The molecule has 0 aliphatic carbocycles. The van der Waals surface area contributed by atoms with Crippen molar-refractivity contribution in [3.8, 4) is 0 Å². The third-order valence-corrected chi connectivity index (χ3v) is 4.36. The molecule has 1 heterocycles. The minimum absolute atomic E-state index is 0.296. The molecule has 1 aromatic carbocycles. The number of nitrogen functional groups attached to an aromatic ring is 3. The lowest BCUT2D eigenvalue weighted by Crippen LogP contribution is -2.03. The molecule has 5 heteroatoms. The van der Waals surface area contributed by atoms with E-state index in [4.69, 9.17) is 17.2 Å². The first-order chi connectivity index (χ1) is 9.38. The second-order valence-electron chi connectivity index (χ2n) is 5.01. The highest BCUT2D eigenvalue weighted by Crippen LogP contribution is 2.33. The Balaban J connectivity index is 2.26. The molecule has 0 unspecified atom stereocenters. The van der Waals surface area contributed by atoms with Gasteiger partial charge in [-0.1, -0.05) is 17.7 Å². The molecule has 20 heavy (non-hydrogen) atoms. The van der Waals surface area contributed by atoms with Gasteiger partial charge in [-0.15, -0.1) is 11.8 Å². The summed E-state index contributed by atoms with van der Waals surface area (Å²) < 4.78 is 0. The van der Waals surface area contributed by atoms with Crippen molar-refractivity contribution < 1.29 is 0 Å². The molecular formula is C15H20N4S. The quantitative estimate of drug-likeness (QED) is 0.755. The van der Waals surface area contributed by atoms with Gasteiger partial charge in [0.05, 0.1) is 5.69 Å². The van der Waals surface area contributed by atoms with Gasteiger partial charge in [0.25, 0.3) is 0 Å². The van der Waals surface area contributed by atoms with Gasteiger partial charge in [0.15, 0.2) is 0 Å². The van der Waals surface area contributed by atoms with Crippen molar-refractivity contribution in [3.05, 3.63) is 40.5 Å². The summed E-state index contributed by atoms with van der Waals surface area (Å²) in [5, 5.41) is 0. The Bertz CT molecular complexity index is 630. The summed E-state index contributed by atoms with van der Waals surface area (Å²) in [6.45, 7) is 6.38. The zero-order valence-electron chi connectivity index (χ0n) is 12.0. The van der Waals surface area contributed by atoms with E-state index in [1.165, 1.54) is 22.3 Å². The van der Waals surface area contributed by atoms with E-state index in [1.54, 1.807) is 17.8 Å². The zero-order valence-corrected chi connectivity index (χ0v) is 12.8. The van der Waals surface area contributed by atoms with Crippen LogP contribution < -0.4 is 17.2 Å². The maximum atomic E-state index is 5.95. The number of anilines is 3. The molecule has 2 rings (SSSR count). The van der Waals surface area contributed by atoms with Gasteiger partial charge in [-0.3, -0.25) is 0 Å². The third-order valence-electron chi connectivity index (χ3n) is 3.28. The molecule has 0 aliphatic rings. The summed E-state index contributed by atoms with van der Waals surface area (Å²) in [7, 11) is 0. The summed E-state index contributed by atoms with van der Waals surface area (Å²) >= 11 is 1.64. The van der Waals surface area contributed by atoms with E-state index in [0.717, 1.165) is 10.6 Å². The number of aryl methyl sites for hydroxylation is 3. The van der Waals surface area contributed by atoms with Crippen LogP contribution in [0.15, 0.2) is 23.1 Å². The number of aromatic nitrogens is 1. The Labute approximate surface area is 123 Å². The van der Waals surface area contributed by atoms with Crippen LogP contribution in [0.1, 0.15) is 22.3 Å². The van der Waals surface area contributed by atoms with Crippen LogP contribution in [-0.2, 0) is 5.75 Å². The van der Waals surface area contributed by atoms with Gasteiger partial charge in [-0.25, -0.2) is 4.98 Å². The SMILES string of the molecule is Cc1cc(C)c(CSc2cc(N)nc(N)c2N)c(C)c1. The number of thioether (sulfide) groups is 1. The van der Waals surface area contributed by atoms with Crippen molar-refractivity contribution in [2.24, 2.45) is 0 Å². The molecule has 0 amide bonds. The minimum Gasteiger partial charge on any atom is -0.395 e. The Morgan fingerprint density at radius 3 is 2.20 bits per heavy atom. The molecule has 0 saturated carbocycles. The average molecular weight is 288 g/mol. The van der Waals surface area contributed by atoms with E-state index >= 15 is 0 Å². The Morgan fingerprint density at radius 1 is 1.00 bits per heavy atom. The first kappa shape index (κ1) is 14.5. The van der Waals surface area contributed by atoms with E-state index in [0.29, 0.717) is 17.3 Å². The fourth-order valence-corrected chi connectivity index (χ4v) is 3.50. The van der Waals surface area contributed by atoms with E-state index in [1.807, 2.05) is 0 Å². The molecule has 0 radical (unpaired) electrons. The molecule has 0 bridgehead atoms. The normalized spacial score (nSPS) is 10.8. The monoisotopic (exact) mass is 288 g/mol. The van der Waals surface area contributed by atoms with Crippen LogP contribution in [0.3, 0.4) is 0 Å². The van der Waals surface area contributed by atoms with Crippen molar-refractivity contribution >= 4 is 29.1 Å². The highest BCUT2D eigenvalue weighted by molar-refractivity contribution is 7.98. The molecule has 0 spiro atoms. The van der Waals surface area contributed by atoms with Gasteiger partial charge in [-0.05, 0) is 43.5 Å². The van der Waals surface area contributed by atoms with E-state index < -0.39 is 0 Å². The molecule has 0 saturated heterocycles. The lowest BCUT2D eigenvalue weighted by atomic mass is 10.0. The van der Waals surface area contributed by atoms with Crippen LogP contribution >= 0.6 is 11.8 Å². The molecule has 0 aliphatic heterocycles. The van der Waals surface area contributed by atoms with Gasteiger partial charge < -0.3 is 17.2 Å². The van der Waals surface area contributed by atoms with Crippen LogP contribution in [0.4, 0.5) is 17.3 Å². The summed E-state index contributed by atoms with van der Waals surface area (Å²) in [6, 6.07) is 6.16. The predicted molar refractivity (Wildman–Crippen MR) is 87.7 cm³/mol. The second kappa shape index (κ2) is 5.63. The number of pyridine rings is 1. The van der Waals surface area contributed by atoms with Gasteiger partial charge in [-0.2, -0.15) is 0 Å². The van der Waals surface area contributed by atoms with E-state index in [2.05, 4.69) is 37.9 Å². The maximum absolute atomic E-state index is 5.95. The fraction of sp³-hybridized carbons (Fsp3) is 0.267.